The van der Waals surface area contributed by atoms with Crippen molar-refractivity contribution < 1.29 is 4.79 Å². The van der Waals surface area contributed by atoms with E-state index in [1.807, 2.05) is 0 Å². The molecule has 1 saturated heterocycles. The van der Waals surface area contributed by atoms with Crippen molar-refractivity contribution in [3.05, 3.63) is 29.3 Å². The monoisotopic (exact) mass is 323 g/mol. The van der Waals surface area contributed by atoms with Gasteiger partial charge < -0.3 is 15.5 Å². The number of hydrogen-bond acceptors (Lipinski definition) is 2. The highest BCUT2D eigenvalue weighted by Crippen LogP contribution is 2.19. The number of nitrogens with one attached hydrogen (secondary N) is 2. The zero-order chi connectivity index (χ0) is 15.8. The van der Waals surface area contributed by atoms with Gasteiger partial charge in [-0.1, -0.05) is 24.9 Å². The van der Waals surface area contributed by atoms with Crippen LogP contribution in [0.25, 0.3) is 0 Å². The van der Waals surface area contributed by atoms with E-state index in [0.717, 1.165) is 24.7 Å². The maximum Gasteiger partial charge on any atom is 0.319 e. The molecule has 0 unspecified atom stereocenters. The molecule has 0 radical (unpaired) electrons. The third-order valence-corrected chi connectivity index (χ3v) is 4.48. The minimum atomic E-state index is -0.159. The van der Waals surface area contributed by atoms with Crippen molar-refractivity contribution in [2.24, 2.45) is 0 Å². The molecule has 0 spiro atoms. The number of piperidine rings is 1. The molecule has 1 aromatic carbocycles. The molecule has 5 heteroatoms. The van der Waals surface area contributed by atoms with E-state index < -0.39 is 0 Å². The van der Waals surface area contributed by atoms with E-state index in [1.54, 1.807) is 24.3 Å². The molecule has 0 bridgehead atoms. The largest absolute Gasteiger partial charge is 0.338 e. The fourth-order valence-corrected chi connectivity index (χ4v) is 3.14. The number of nitrogens with zero attached hydrogens (tertiary/aromatic N) is 1. The lowest BCUT2D eigenvalue weighted by Gasteiger charge is -2.35. The molecule has 2 rings (SSSR count). The summed E-state index contributed by atoms with van der Waals surface area (Å²) in [5.74, 6) is 0. The van der Waals surface area contributed by atoms with Crippen LogP contribution in [0.4, 0.5) is 10.5 Å². The number of likely N-dealkylation sites (tertiary alicyclic amines) is 1. The minimum absolute atomic E-state index is 0.159. The second-order valence-corrected chi connectivity index (χ2v) is 6.27. The second-order valence-electron chi connectivity index (χ2n) is 5.84. The number of hydrogen-bond donors (Lipinski definition) is 2. The number of anilines is 1. The van der Waals surface area contributed by atoms with Crippen molar-refractivity contribution in [1.29, 1.82) is 0 Å². The Morgan fingerprint density at radius 1 is 1.32 bits per heavy atom. The first-order valence-electron chi connectivity index (χ1n) is 8.23. The first-order chi connectivity index (χ1) is 10.7. The molecule has 2 N–H and O–H groups in total. The van der Waals surface area contributed by atoms with E-state index in [2.05, 4.69) is 22.5 Å². The van der Waals surface area contributed by atoms with Crippen LogP contribution in [0.2, 0.25) is 5.02 Å². The Balaban J connectivity index is 1.63. The second kappa shape index (κ2) is 9.01. The van der Waals surface area contributed by atoms with E-state index in [1.165, 1.54) is 32.2 Å². The lowest BCUT2D eigenvalue weighted by atomic mass is 10.00. The van der Waals surface area contributed by atoms with Gasteiger partial charge in [-0.25, -0.2) is 4.79 Å². The molecular weight excluding hydrogens is 298 g/mol. The van der Waals surface area contributed by atoms with Crippen LogP contribution < -0.4 is 10.6 Å². The number of carbonyl (C=O) groups excluding carboxylic acids is 1. The smallest absolute Gasteiger partial charge is 0.319 e. The molecule has 122 valence electrons. The van der Waals surface area contributed by atoms with Gasteiger partial charge in [0, 0.05) is 29.8 Å². The Hall–Kier alpha value is -1.26. The van der Waals surface area contributed by atoms with Gasteiger partial charge in [0.2, 0.25) is 0 Å². The van der Waals surface area contributed by atoms with Crippen LogP contribution in [-0.2, 0) is 0 Å². The lowest BCUT2D eigenvalue weighted by Crippen LogP contribution is -2.41. The molecule has 0 saturated carbocycles. The van der Waals surface area contributed by atoms with Gasteiger partial charge in [-0.15, -0.1) is 0 Å². The van der Waals surface area contributed by atoms with Crippen LogP contribution >= 0.6 is 11.6 Å². The number of urea groups is 1. The highest BCUT2D eigenvalue weighted by atomic mass is 35.5. The molecule has 0 aromatic heterocycles. The Morgan fingerprint density at radius 3 is 2.82 bits per heavy atom. The van der Waals surface area contributed by atoms with Crippen molar-refractivity contribution in [2.75, 3.05) is 25.0 Å². The predicted octanol–water partition coefficient (Wildman–Crippen LogP) is 4.12. The van der Waals surface area contributed by atoms with Gasteiger partial charge in [-0.2, -0.15) is 0 Å². The average Bonchev–Trinajstić information content (AvgIpc) is 2.54. The SMILES string of the molecule is CC[C@H]1CCCCN1CCCNC(=O)Nc1ccc(Cl)cc1. The van der Waals surface area contributed by atoms with Gasteiger partial charge >= 0.3 is 6.03 Å². The van der Waals surface area contributed by atoms with Crippen LogP contribution in [0.3, 0.4) is 0 Å². The fraction of sp³-hybridized carbons (Fsp3) is 0.588. The van der Waals surface area contributed by atoms with Crippen molar-refractivity contribution in [2.45, 2.75) is 45.1 Å². The van der Waals surface area contributed by atoms with Crippen molar-refractivity contribution in [3.63, 3.8) is 0 Å². The van der Waals surface area contributed by atoms with Crippen molar-refractivity contribution in [3.8, 4) is 0 Å². The summed E-state index contributed by atoms with van der Waals surface area (Å²) in [6.07, 6.45) is 6.20. The molecule has 1 fully saturated rings. The summed E-state index contributed by atoms with van der Waals surface area (Å²) in [6.45, 7) is 5.24. The van der Waals surface area contributed by atoms with Gasteiger partial charge in [0.15, 0.2) is 0 Å². The molecule has 1 aliphatic rings. The molecule has 2 amide bonds. The summed E-state index contributed by atoms with van der Waals surface area (Å²) in [7, 11) is 0. The van der Waals surface area contributed by atoms with Gasteiger partial charge in [0.05, 0.1) is 0 Å². The van der Waals surface area contributed by atoms with Gasteiger partial charge in [-0.3, -0.25) is 0 Å². The minimum Gasteiger partial charge on any atom is -0.338 e. The normalized spacial score (nSPS) is 18.9. The van der Waals surface area contributed by atoms with Gasteiger partial charge in [0.1, 0.15) is 0 Å². The average molecular weight is 324 g/mol. The van der Waals surface area contributed by atoms with Crippen molar-refractivity contribution >= 4 is 23.3 Å². The zero-order valence-corrected chi connectivity index (χ0v) is 14.0. The summed E-state index contributed by atoms with van der Waals surface area (Å²) < 4.78 is 0. The van der Waals surface area contributed by atoms with Gasteiger partial charge in [0.25, 0.3) is 0 Å². The first-order valence-corrected chi connectivity index (χ1v) is 8.61. The maximum absolute atomic E-state index is 11.8. The van der Waals surface area contributed by atoms with E-state index >= 15 is 0 Å². The third-order valence-electron chi connectivity index (χ3n) is 4.23. The quantitative estimate of drug-likeness (QED) is 0.774. The molecule has 1 atom stereocenters. The van der Waals surface area contributed by atoms with E-state index in [0.29, 0.717) is 11.6 Å². The predicted molar refractivity (Wildman–Crippen MR) is 92.6 cm³/mol. The van der Waals surface area contributed by atoms with Crippen LogP contribution in [0, 0.1) is 0 Å². The maximum atomic E-state index is 11.8. The number of halogens is 1. The number of amides is 2. The number of benzene rings is 1. The van der Waals surface area contributed by atoms with Crippen LogP contribution in [0.1, 0.15) is 39.0 Å². The molecule has 4 nitrogen and oxygen atoms in total. The number of carbonyl (C=O) groups is 1. The summed E-state index contributed by atoms with van der Waals surface area (Å²) >= 11 is 5.82. The number of rotatable bonds is 6. The van der Waals surface area contributed by atoms with Crippen molar-refractivity contribution in [1.82, 2.24) is 10.2 Å². The Morgan fingerprint density at radius 2 is 2.09 bits per heavy atom. The Bertz CT molecular complexity index is 463. The third kappa shape index (κ3) is 5.50. The van der Waals surface area contributed by atoms with Crippen LogP contribution in [0.15, 0.2) is 24.3 Å². The topological polar surface area (TPSA) is 44.4 Å². The van der Waals surface area contributed by atoms with E-state index in [9.17, 15) is 4.79 Å². The highest BCUT2D eigenvalue weighted by molar-refractivity contribution is 6.30. The summed E-state index contributed by atoms with van der Waals surface area (Å²) in [4.78, 5) is 14.4. The zero-order valence-electron chi connectivity index (χ0n) is 13.3. The highest BCUT2D eigenvalue weighted by Gasteiger charge is 2.19. The lowest BCUT2D eigenvalue weighted by molar-refractivity contribution is 0.142. The summed E-state index contributed by atoms with van der Waals surface area (Å²) in [5.41, 5.74) is 0.754. The van der Waals surface area contributed by atoms with Gasteiger partial charge in [-0.05, 0) is 56.5 Å². The summed E-state index contributed by atoms with van der Waals surface area (Å²) in [6, 6.07) is 7.68. The molecule has 0 aliphatic carbocycles. The Labute approximate surface area is 138 Å². The Kier molecular flexibility index (Phi) is 7.00. The molecular formula is C17H26ClN3O. The standard InChI is InChI=1S/C17H26ClN3O/c1-2-16-6-3-4-12-21(16)13-5-11-19-17(22)20-15-9-7-14(18)8-10-15/h7-10,16H,2-6,11-13H2,1H3,(H2,19,20,22)/t16-/m0/s1. The molecule has 22 heavy (non-hydrogen) atoms. The van der Waals surface area contributed by atoms with Crippen LogP contribution in [0.5, 0.6) is 0 Å². The fourth-order valence-electron chi connectivity index (χ4n) is 3.01. The van der Waals surface area contributed by atoms with Crippen LogP contribution in [-0.4, -0.2) is 36.6 Å². The first kappa shape index (κ1) is 17.1. The summed E-state index contributed by atoms with van der Waals surface area (Å²) in [5, 5.41) is 6.38. The van der Waals surface area contributed by atoms with E-state index in [4.69, 9.17) is 11.6 Å². The molecule has 1 aromatic rings. The van der Waals surface area contributed by atoms with E-state index in [-0.39, 0.29) is 6.03 Å². The molecule has 1 heterocycles. The molecule has 1 aliphatic heterocycles.